The minimum absolute atomic E-state index is 0.0531. The topological polar surface area (TPSA) is 90.3 Å². The number of halogens is 1. The van der Waals surface area contributed by atoms with Crippen LogP contribution in [0.3, 0.4) is 0 Å². The molecule has 1 N–H and O–H groups in total. The third kappa shape index (κ3) is 3.90. The monoisotopic (exact) mass is 451 g/mol. The van der Waals surface area contributed by atoms with Gasteiger partial charge in [0.25, 0.3) is 11.5 Å². The number of aromatic nitrogens is 2. The maximum absolute atomic E-state index is 14.4. The Hall–Kier alpha value is -3.85. The number of para-hydroxylation sites is 1. The minimum Gasteiger partial charge on any atom is -0.461 e. The van der Waals surface area contributed by atoms with Crippen molar-refractivity contribution in [2.75, 3.05) is 11.9 Å². The van der Waals surface area contributed by atoms with E-state index in [4.69, 9.17) is 4.74 Å². The molecule has 162 valence electrons. The molecule has 0 aliphatic rings. The summed E-state index contributed by atoms with van der Waals surface area (Å²) in [5, 5.41) is 8.89. The van der Waals surface area contributed by atoms with E-state index in [1.54, 1.807) is 36.6 Å². The Morgan fingerprint density at radius 2 is 1.97 bits per heavy atom. The maximum atomic E-state index is 14.4. The zero-order valence-corrected chi connectivity index (χ0v) is 18.0. The fourth-order valence-corrected chi connectivity index (χ4v) is 4.17. The number of nitrogens with one attached hydrogen (secondary N) is 1. The summed E-state index contributed by atoms with van der Waals surface area (Å²) < 4.78 is 20.3. The van der Waals surface area contributed by atoms with Gasteiger partial charge in [-0.3, -0.25) is 9.59 Å². The first-order chi connectivity index (χ1) is 15.4. The number of thiophene rings is 1. The largest absolute Gasteiger partial charge is 0.461 e. The Kier molecular flexibility index (Phi) is 5.83. The molecule has 0 fully saturated rings. The number of benzene rings is 2. The third-order valence-electron chi connectivity index (χ3n) is 4.71. The molecular formula is C23H18FN3O4S. The fourth-order valence-electron chi connectivity index (χ4n) is 3.24. The summed E-state index contributed by atoms with van der Waals surface area (Å²) in [5.41, 5.74) is 0.396. The molecule has 9 heteroatoms. The lowest BCUT2D eigenvalue weighted by molar-refractivity contribution is 0.0519. The normalized spacial score (nSPS) is 10.8. The lowest BCUT2D eigenvalue weighted by Crippen LogP contribution is -2.26. The van der Waals surface area contributed by atoms with Crippen molar-refractivity contribution in [3.05, 3.63) is 86.9 Å². The van der Waals surface area contributed by atoms with Crippen LogP contribution in [0.4, 0.5) is 9.39 Å². The maximum Gasteiger partial charge on any atom is 0.359 e. The van der Waals surface area contributed by atoms with E-state index < -0.39 is 23.3 Å². The average molecular weight is 451 g/mol. The van der Waals surface area contributed by atoms with Crippen LogP contribution >= 0.6 is 11.3 Å². The number of carbonyl (C=O) groups excluding carboxylic acids is 2. The smallest absolute Gasteiger partial charge is 0.359 e. The molecule has 2 aromatic heterocycles. The number of anilines is 1. The zero-order chi connectivity index (χ0) is 22.8. The number of hydrogen-bond acceptors (Lipinski definition) is 6. The highest BCUT2D eigenvalue weighted by Gasteiger charge is 2.24. The molecule has 0 radical (unpaired) electrons. The summed E-state index contributed by atoms with van der Waals surface area (Å²) in [6.07, 6.45) is 0. The zero-order valence-electron chi connectivity index (χ0n) is 17.2. The molecular weight excluding hydrogens is 433 g/mol. The number of esters is 1. The van der Waals surface area contributed by atoms with Gasteiger partial charge in [0.1, 0.15) is 16.5 Å². The second kappa shape index (κ2) is 8.72. The number of ether oxygens (including phenoxy) is 1. The number of hydrogen-bond donors (Lipinski definition) is 1. The van der Waals surface area contributed by atoms with E-state index in [-0.39, 0.29) is 33.8 Å². The van der Waals surface area contributed by atoms with Crippen LogP contribution in [0.1, 0.15) is 33.3 Å². The van der Waals surface area contributed by atoms with Crippen LogP contribution in [-0.2, 0) is 4.74 Å². The van der Waals surface area contributed by atoms with Crippen LogP contribution in [0, 0.1) is 12.7 Å². The molecule has 0 spiro atoms. The van der Waals surface area contributed by atoms with Gasteiger partial charge >= 0.3 is 5.97 Å². The van der Waals surface area contributed by atoms with Crippen molar-refractivity contribution in [2.24, 2.45) is 0 Å². The van der Waals surface area contributed by atoms with Crippen LogP contribution in [0.5, 0.6) is 0 Å². The number of rotatable bonds is 5. The highest BCUT2D eigenvalue weighted by Crippen LogP contribution is 2.31. The summed E-state index contributed by atoms with van der Waals surface area (Å²) in [4.78, 5) is 38.6. The molecule has 0 unspecified atom stereocenters. The van der Waals surface area contributed by atoms with Crippen LogP contribution in [0.2, 0.25) is 0 Å². The molecule has 0 bridgehead atoms. The fraction of sp³-hybridized carbons (Fsp3) is 0.130. The van der Waals surface area contributed by atoms with E-state index >= 15 is 0 Å². The summed E-state index contributed by atoms with van der Waals surface area (Å²) in [7, 11) is 0. The molecule has 0 aliphatic carbocycles. The van der Waals surface area contributed by atoms with Gasteiger partial charge in [0.05, 0.1) is 12.0 Å². The van der Waals surface area contributed by atoms with Gasteiger partial charge in [-0.15, -0.1) is 11.3 Å². The van der Waals surface area contributed by atoms with Crippen LogP contribution in [-0.4, -0.2) is 28.3 Å². The van der Waals surface area contributed by atoms with Crippen molar-refractivity contribution < 1.29 is 18.7 Å². The first kappa shape index (κ1) is 21.4. The van der Waals surface area contributed by atoms with Gasteiger partial charge in [0.15, 0.2) is 5.69 Å². The second-order valence-electron chi connectivity index (χ2n) is 6.91. The van der Waals surface area contributed by atoms with Crippen LogP contribution in [0.25, 0.3) is 16.5 Å². The van der Waals surface area contributed by atoms with E-state index in [0.29, 0.717) is 5.56 Å². The van der Waals surface area contributed by atoms with Gasteiger partial charge in [-0.2, -0.15) is 9.78 Å². The first-order valence-corrected chi connectivity index (χ1v) is 10.6. The van der Waals surface area contributed by atoms with E-state index in [1.807, 2.05) is 13.0 Å². The number of fused-ring (bicyclic) bond motifs is 1. The Bertz CT molecular complexity index is 1410. The molecule has 32 heavy (non-hydrogen) atoms. The van der Waals surface area contributed by atoms with Crippen LogP contribution < -0.4 is 10.9 Å². The molecule has 2 aromatic carbocycles. The van der Waals surface area contributed by atoms with Gasteiger partial charge in [0, 0.05) is 16.3 Å². The van der Waals surface area contributed by atoms with Crippen molar-refractivity contribution in [1.82, 2.24) is 9.78 Å². The molecule has 4 aromatic rings. The van der Waals surface area contributed by atoms with Crippen molar-refractivity contribution in [3.8, 4) is 5.69 Å². The molecule has 4 rings (SSSR count). The summed E-state index contributed by atoms with van der Waals surface area (Å²) in [6, 6.07) is 12.6. The Morgan fingerprint density at radius 3 is 2.69 bits per heavy atom. The first-order valence-electron chi connectivity index (χ1n) is 9.75. The number of carbonyl (C=O) groups is 2. The van der Waals surface area contributed by atoms with Gasteiger partial charge < -0.3 is 10.1 Å². The highest BCUT2D eigenvalue weighted by molar-refractivity contribution is 7.16. The molecule has 0 atom stereocenters. The summed E-state index contributed by atoms with van der Waals surface area (Å²) >= 11 is 1.08. The van der Waals surface area contributed by atoms with Crippen LogP contribution in [0.15, 0.2) is 58.7 Å². The second-order valence-corrected chi connectivity index (χ2v) is 7.79. The number of amides is 1. The van der Waals surface area contributed by atoms with Crippen molar-refractivity contribution in [3.63, 3.8) is 0 Å². The Labute approximate surface area is 186 Å². The lowest BCUT2D eigenvalue weighted by atomic mass is 10.1. The van der Waals surface area contributed by atoms with Crippen molar-refractivity contribution in [2.45, 2.75) is 13.8 Å². The van der Waals surface area contributed by atoms with E-state index in [1.165, 1.54) is 18.2 Å². The third-order valence-corrected chi connectivity index (χ3v) is 5.60. The average Bonchev–Trinajstić information content (AvgIpc) is 3.19. The molecule has 0 saturated heterocycles. The molecule has 0 saturated carbocycles. The molecule has 7 nitrogen and oxygen atoms in total. The van der Waals surface area contributed by atoms with Gasteiger partial charge in [-0.1, -0.05) is 29.8 Å². The standard InChI is InChI=1S/C23H18FN3O4S/c1-3-31-23(30)19-15-12-32-21(25-20(28)14-8-6-7-13(2)11-14)18(15)22(29)27(26-19)17-10-5-4-9-16(17)24/h4-12H,3H2,1-2H3,(H,25,28). The van der Waals surface area contributed by atoms with Gasteiger partial charge in [0.2, 0.25) is 0 Å². The molecule has 1 amide bonds. The summed E-state index contributed by atoms with van der Waals surface area (Å²) in [6.45, 7) is 3.60. The highest BCUT2D eigenvalue weighted by atomic mass is 32.1. The number of nitrogens with zero attached hydrogens (tertiary/aromatic N) is 2. The quantitative estimate of drug-likeness (QED) is 0.457. The van der Waals surface area contributed by atoms with E-state index in [2.05, 4.69) is 10.4 Å². The predicted octanol–water partition coefficient (Wildman–Crippen LogP) is 4.32. The lowest BCUT2D eigenvalue weighted by Gasteiger charge is -2.10. The van der Waals surface area contributed by atoms with Crippen molar-refractivity contribution in [1.29, 1.82) is 0 Å². The molecule has 2 heterocycles. The van der Waals surface area contributed by atoms with Gasteiger partial charge in [-0.05, 0) is 38.1 Å². The van der Waals surface area contributed by atoms with Gasteiger partial charge in [-0.25, -0.2) is 9.18 Å². The summed E-state index contributed by atoms with van der Waals surface area (Å²) in [5.74, 6) is -1.85. The number of aryl methyl sites for hydroxylation is 1. The predicted molar refractivity (Wildman–Crippen MR) is 120 cm³/mol. The SMILES string of the molecule is CCOC(=O)c1nn(-c2ccccc2F)c(=O)c2c(NC(=O)c3cccc(C)c3)scc12. The molecule has 0 aliphatic heterocycles. The van der Waals surface area contributed by atoms with Crippen molar-refractivity contribution >= 4 is 39.0 Å². The van der Waals surface area contributed by atoms with E-state index in [0.717, 1.165) is 21.6 Å². The Morgan fingerprint density at radius 1 is 1.19 bits per heavy atom. The minimum atomic E-state index is -0.753. The Balaban J connectivity index is 1.91. The van der Waals surface area contributed by atoms with E-state index in [9.17, 15) is 18.8 Å².